The first kappa shape index (κ1) is 13.3. The van der Waals surface area contributed by atoms with E-state index in [-0.39, 0.29) is 18.1 Å². The van der Waals surface area contributed by atoms with Gasteiger partial charge in [0.05, 0.1) is 12.1 Å². The second-order valence-corrected chi connectivity index (χ2v) is 5.47. The molecule has 0 N–H and O–H groups in total. The molecule has 1 saturated carbocycles. The summed E-state index contributed by atoms with van der Waals surface area (Å²) >= 11 is 0. The van der Waals surface area contributed by atoms with Crippen molar-refractivity contribution in [2.45, 2.75) is 43.4 Å². The van der Waals surface area contributed by atoms with Gasteiger partial charge < -0.3 is 19.2 Å². The number of likely N-dealkylation sites (tertiary alicyclic amines) is 1. The van der Waals surface area contributed by atoms with E-state index in [1.54, 1.807) is 12.0 Å². The first-order valence-electron chi connectivity index (χ1n) is 6.84. The number of fused-ring (bicyclic) bond motifs is 1. The molecule has 2 bridgehead atoms. The molecular weight excluding hydrogens is 262 g/mol. The maximum Gasteiger partial charge on any atom is 0.332 e. The monoisotopic (exact) mass is 279 g/mol. The highest BCUT2D eigenvalue weighted by atomic mass is 16.6. The molecule has 2 heterocycles. The highest BCUT2D eigenvalue weighted by Gasteiger charge is 2.64. The molecule has 6 nitrogen and oxygen atoms in total. The molecule has 108 valence electrons. The van der Waals surface area contributed by atoms with Gasteiger partial charge in [0, 0.05) is 39.0 Å². The van der Waals surface area contributed by atoms with E-state index in [1.807, 2.05) is 0 Å². The lowest BCUT2D eigenvalue weighted by Gasteiger charge is -2.33. The number of rotatable bonds is 5. The summed E-state index contributed by atoms with van der Waals surface area (Å²) in [6.45, 7) is 0.495. The lowest BCUT2D eigenvalue weighted by atomic mass is 9.80. The Kier molecular flexibility index (Phi) is 3.12. The van der Waals surface area contributed by atoms with Crippen LogP contribution in [0.5, 0.6) is 0 Å². The van der Waals surface area contributed by atoms with E-state index < -0.39 is 11.6 Å². The van der Waals surface area contributed by atoms with Crippen molar-refractivity contribution in [2.75, 3.05) is 13.7 Å². The SMILES string of the molecule is CO[C@H]1CC2=CC(=O)O[C@@]23C[C@@H]1N(CCCC=O)C3=O. The van der Waals surface area contributed by atoms with Gasteiger partial charge in [-0.25, -0.2) is 4.79 Å². The van der Waals surface area contributed by atoms with Crippen LogP contribution in [-0.2, 0) is 23.9 Å². The molecule has 3 aliphatic rings. The van der Waals surface area contributed by atoms with Gasteiger partial charge in [0.25, 0.3) is 5.91 Å². The molecule has 0 radical (unpaired) electrons. The van der Waals surface area contributed by atoms with Gasteiger partial charge in [-0.3, -0.25) is 4.79 Å². The second-order valence-electron chi connectivity index (χ2n) is 5.47. The molecule has 0 aromatic rings. The van der Waals surface area contributed by atoms with Crippen LogP contribution in [0.1, 0.15) is 25.7 Å². The van der Waals surface area contributed by atoms with E-state index >= 15 is 0 Å². The summed E-state index contributed by atoms with van der Waals surface area (Å²) in [7, 11) is 1.61. The predicted octanol–water partition coefficient (Wildman–Crippen LogP) is 0.207. The van der Waals surface area contributed by atoms with Crippen LogP contribution in [0.25, 0.3) is 0 Å². The fraction of sp³-hybridized carbons (Fsp3) is 0.643. The molecule has 6 heteroatoms. The number of unbranched alkanes of at least 4 members (excludes halogenated alkanes) is 1. The summed E-state index contributed by atoms with van der Waals surface area (Å²) in [5.74, 6) is -0.608. The summed E-state index contributed by atoms with van der Waals surface area (Å²) in [5.41, 5.74) is -0.355. The van der Waals surface area contributed by atoms with Crippen LogP contribution in [0.3, 0.4) is 0 Å². The van der Waals surface area contributed by atoms with Crippen molar-refractivity contribution < 1.29 is 23.9 Å². The van der Waals surface area contributed by atoms with Gasteiger partial charge in [0.15, 0.2) is 0 Å². The van der Waals surface area contributed by atoms with E-state index in [0.29, 0.717) is 32.2 Å². The van der Waals surface area contributed by atoms with Gasteiger partial charge in [0.2, 0.25) is 5.60 Å². The number of amides is 1. The average molecular weight is 279 g/mol. The fourth-order valence-corrected chi connectivity index (χ4v) is 3.52. The third-order valence-electron chi connectivity index (χ3n) is 4.46. The Balaban J connectivity index is 1.89. The van der Waals surface area contributed by atoms with E-state index in [0.717, 1.165) is 11.9 Å². The number of carbonyl (C=O) groups excluding carboxylic acids is 3. The van der Waals surface area contributed by atoms with Crippen LogP contribution in [0.2, 0.25) is 0 Å². The Morgan fingerprint density at radius 3 is 3.05 bits per heavy atom. The molecule has 20 heavy (non-hydrogen) atoms. The summed E-state index contributed by atoms with van der Waals surface area (Å²) in [4.78, 5) is 36.3. The molecule has 1 amide bonds. The average Bonchev–Trinajstić information content (AvgIpc) is 2.88. The van der Waals surface area contributed by atoms with Crippen LogP contribution < -0.4 is 0 Å². The number of methoxy groups -OCH3 is 1. The van der Waals surface area contributed by atoms with Crippen LogP contribution in [0.15, 0.2) is 11.6 Å². The zero-order chi connectivity index (χ0) is 14.3. The molecule has 0 aromatic heterocycles. The van der Waals surface area contributed by atoms with Crippen molar-refractivity contribution in [3.8, 4) is 0 Å². The Hall–Kier alpha value is -1.69. The van der Waals surface area contributed by atoms with Gasteiger partial charge in [0.1, 0.15) is 6.29 Å². The van der Waals surface area contributed by atoms with Gasteiger partial charge in [-0.15, -0.1) is 0 Å². The zero-order valence-electron chi connectivity index (χ0n) is 11.3. The number of aldehydes is 1. The summed E-state index contributed by atoms with van der Waals surface area (Å²) < 4.78 is 10.8. The van der Waals surface area contributed by atoms with Gasteiger partial charge in [-0.05, 0) is 12.0 Å². The summed E-state index contributed by atoms with van der Waals surface area (Å²) in [6.07, 6.45) is 4.20. The maximum atomic E-state index is 12.7. The van der Waals surface area contributed by atoms with Gasteiger partial charge in [-0.2, -0.15) is 0 Å². The molecular formula is C14H17NO5. The second kappa shape index (κ2) is 4.70. The van der Waals surface area contributed by atoms with Crippen LogP contribution in [-0.4, -0.2) is 54.5 Å². The molecule has 0 aromatic carbocycles. The molecule has 3 rings (SSSR count). The smallest absolute Gasteiger partial charge is 0.332 e. The van der Waals surface area contributed by atoms with Crippen LogP contribution in [0, 0.1) is 0 Å². The van der Waals surface area contributed by atoms with Crippen molar-refractivity contribution in [2.24, 2.45) is 0 Å². The highest BCUT2D eigenvalue weighted by molar-refractivity contribution is 6.00. The minimum Gasteiger partial charge on any atom is -0.441 e. The largest absolute Gasteiger partial charge is 0.441 e. The molecule has 2 fully saturated rings. The first-order chi connectivity index (χ1) is 9.62. The third kappa shape index (κ3) is 1.71. The van der Waals surface area contributed by atoms with Crippen molar-refractivity contribution in [1.82, 2.24) is 4.90 Å². The minimum atomic E-state index is -1.09. The zero-order valence-corrected chi connectivity index (χ0v) is 11.3. The van der Waals surface area contributed by atoms with Gasteiger partial charge >= 0.3 is 5.97 Å². The first-order valence-corrected chi connectivity index (χ1v) is 6.84. The van der Waals surface area contributed by atoms with E-state index in [9.17, 15) is 14.4 Å². The third-order valence-corrected chi connectivity index (χ3v) is 4.46. The Morgan fingerprint density at radius 2 is 2.35 bits per heavy atom. The van der Waals surface area contributed by atoms with E-state index in [1.165, 1.54) is 6.08 Å². The predicted molar refractivity (Wildman–Crippen MR) is 67.7 cm³/mol. The molecule has 2 aliphatic heterocycles. The Morgan fingerprint density at radius 1 is 1.55 bits per heavy atom. The number of hydrogen-bond donors (Lipinski definition) is 0. The van der Waals surface area contributed by atoms with Crippen LogP contribution >= 0.6 is 0 Å². The quantitative estimate of drug-likeness (QED) is 0.408. The van der Waals surface area contributed by atoms with Gasteiger partial charge in [-0.1, -0.05) is 0 Å². The highest BCUT2D eigenvalue weighted by Crippen LogP contribution is 2.49. The lowest BCUT2D eigenvalue weighted by molar-refractivity contribution is -0.157. The Bertz CT molecular complexity index is 500. The molecule has 3 atom stereocenters. The fourth-order valence-electron chi connectivity index (χ4n) is 3.52. The standard InChI is InChI=1S/C14H17NO5/c1-19-11-6-9-7-12(17)20-14(9)8-10(11)15(13(14)18)4-2-3-5-16/h5,7,10-11H,2-4,6,8H2,1H3/t10-,11-,14-/m0/s1. The molecule has 0 unspecified atom stereocenters. The molecule has 1 saturated heterocycles. The number of carbonyl (C=O) groups is 3. The van der Waals surface area contributed by atoms with Crippen molar-refractivity contribution >= 4 is 18.2 Å². The topological polar surface area (TPSA) is 72.9 Å². The van der Waals surface area contributed by atoms with Crippen molar-refractivity contribution in [3.63, 3.8) is 0 Å². The van der Waals surface area contributed by atoms with Crippen molar-refractivity contribution in [3.05, 3.63) is 11.6 Å². The summed E-state index contributed by atoms with van der Waals surface area (Å²) in [6, 6.07) is -0.0813. The van der Waals surface area contributed by atoms with Crippen molar-refractivity contribution in [1.29, 1.82) is 0 Å². The molecule has 1 aliphatic carbocycles. The lowest BCUT2D eigenvalue weighted by Crippen LogP contribution is -2.42. The normalized spacial score (nSPS) is 34.9. The van der Waals surface area contributed by atoms with Crippen LogP contribution in [0.4, 0.5) is 0 Å². The minimum absolute atomic E-state index is 0.0813. The van der Waals surface area contributed by atoms with E-state index in [2.05, 4.69) is 0 Å². The number of ether oxygens (including phenoxy) is 2. The number of hydrogen-bond acceptors (Lipinski definition) is 5. The summed E-state index contributed by atoms with van der Waals surface area (Å²) in [5, 5.41) is 0. The number of esters is 1. The Labute approximate surface area is 116 Å². The van der Waals surface area contributed by atoms with E-state index in [4.69, 9.17) is 9.47 Å². The number of nitrogens with zero attached hydrogens (tertiary/aromatic N) is 1. The maximum absolute atomic E-state index is 12.7. The molecule has 1 spiro atoms.